The number of rotatable bonds is 4. The van der Waals surface area contributed by atoms with Gasteiger partial charge in [0, 0.05) is 39.8 Å². The van der Waals surface area contributed by atoms with Crippen molar-refractivity contribution < 1.29 is 13.2 Å². The van der Waals surface area contributed by atoms with Crippen LogP contribution in [0.3, 0.4) is 0 Å². The lowest BCUT2D eigenvalue weighted by Crippen LogP contribution is -2.51. The normalized spacial score (nSPS) is 28.3. The Morgan fingerprint density at radius 3 is 2.74 bits per heavy atom. The van der Waals surface area contributed by atoms with Gasteiger partial charge in [-0.25, -0.2) is 0 Å². The zero-order valence-electron chi connectivity index (χ0n) is 14.3. The number of piperidine rings is 1. The van der Waals surface area contributed by atoms with Gasteiger partial charge in [-0.3, -0.25) is 4.99 Å². The molecule has 134 valence electrons. The van der Waals surface area contributed by atoms with Crippen LogP contribution < -0.4 is 5.73 Å². The number of hydrogen-bond donors (Lipinski definition) is 1. The number of nitrogens with two attached hydrogens (primary N) is 1. The highest BCUT2D eigenvalue weighted by Crippen LogP contribution is 2.22. The zero-order valence-corrected chi connectivity index (χ0v) is 15.1. The molecule has 2 saturated heterocycles. The quantitative estimate of drug-likeness (QED) is 0.556. The van der Waals surface area contributed by atoms with Crippen LogP contribution in [0, 0.1) is 0 Å². The molecule has 2 N–H and O–H groups in total. The van der Waals surface area contributed by atoms with E-state index in [-0.39, 0.29) is 12.1 Å². The molecule has 9 heteroatoms. The van der Waals surface area contributed by atoms with E-state index in [2.05, 4.69) is 4.99 Å². The van der Waals surface area contributed by atoms with Crippen molar-refractivity contribution in [3.05, 3.63) is 0 Å². The summed E-state index contributed by atoms with van der Waals surface area (Å²) in [6.07, 6.45) is 2.87. The number of guanidine groups is 1. The molecule has 2 rings (SSSR count). The zero-order chi connectivity index (χ0) is 17.0. The van der Waals surface area contributed by atoms with Gasteiger partial charge in [-0.15, -0.1) is 0 Å². The first-order valence-corrected chi connectivity index (χ1v) is 9.58. The van der Waals surface area contributed by atoms with Crippen molar-refractivity contribution in [2.45, 2.75) is 38.3 Å². The maximum Gasteiger partial charge on any atom is 0.281 e. The third-order valence-electron chi connectivity index (χ3n) is 4.36. The lowest BCUT2D eigenvalue weighted by Gasteiger charge is -2.36. The van der Waals surface area contributed by atoms with Crippen LogP contribution >= 0.6 is 0 Å². The topological polar surface area (TPSA) is 91.5 Å². The maximum absolute atomic E-state index is 12.4. The molecule has 0 aromatic rings. The van der Waals surface area contributed by atoms with E-state index >= 15 is 0 Å². The minimum Gasteiger partial charge on any atom is -0.375 e. The Hall–Kier alpha value is -0.900. The molecule has 0 saturated carbocycles. The molecule has 0 bridgehead atoms. The van der Waals surface area contributed by atoms with E-state index in [9.17, 15) is 8.42 Å². The molecule has 2 heterocycles. The number of morpholine rings is 1. The van der Waals surface area contributed by atoms with Gasteiger partial charge >= 0.3 is 0 Å². The van der Waals surface area contributed by atoms with Crippen molar-refractivity contribution in [1.82, 2.24) is 13.5 Å². The van der Waals surface area contributed by atoms with Crippen LogP contribution in [-0.2, 0) is 14.9 Å². The van der Waals surface area contributed by atoms with Gasteiger partial charge in [-0.05, 0) is 19.8 Å². The minimum atomic E-state index is -3.41. The molecular formula is C14H29N5O3S. The SMILES string of the molecule is CC1CN(C(N)=NCC2CCCCN2S(=O)(=O)N(C)C)CCO1. The highest BCUT2D eigenvalue weighted by Gasteiger charge is 2.33. The van der Waals surface area contributed by atoms with Crippen LogP contribution in [0.4, 0.5) is 0 Å². The highest BCUT2D eigenvalue weighted by atomic mass is 32.2. The Bertz CT molecular complexity index is 523. The second-order valence-corrected chi connectivity index (χ2v) is 8.47. The Morgan fingerprint density at radius 2 is 2.09 bits per heavy atom. The standard InChI is InChI=1S/C14H29N5O3S/c1-12-11-18(8-9-22-12)14(15)16-10-13-6-4-5-7-19(13)23(20,21)17(2)3/h12-13H,4-11H2,1-3H3,(H2,15,16). The average Bonchev–Trinajstić information content (AvgIpc) is 2.52. The molecule has 2 atom stereocenters. The van der Waals surface area contributed by atoms with Crippen molar-refractivity contribution in [2.24, 2.45) is 10.7 Å². The minimum absolute atomic E-state index is 0.117. The van der Waals surface area contributed by atoms with E-state index in [1.807, 2.05) is 11.8 Å². The Kier molecular flexibility index (Phi) is 6.24. The maximum atomic E-state index is 12.4. The lowest BCUT2D eigenvalue weighted by atomic mass is 10.1. The molecule has 23 heavy (non-hydrogen) atoms. The summed E-state index contributed by atoms with van der Waals surface area (Å²) in [4.78, 5) is 6.47. The van der Waals surface area contributed by atoms with Gasteiger partial charge < -0.3 is 15.4 Å². The monoisotopic (exact) mass is 347 g/mol. The van der Waals surface area contributed by atoms with E-state index in [1.165, 1.54) is 4.31 Å². The third-order valence-corrected chi connectivity index (χ3v) is 6.36. The van der Waals surface area contributed by atoms with Crippen LogP contribution in [-0.4, -0.2) is 86.9 Å². The fourth-order valence-corrected chi connectivity index (χ4v) is 4.32. The number of hydrogen-bond acceptors (Lipinski definition) is 4. The largest absolute Gasteiger partial charge is 0.375 e. The van der Waals surface area contributed by atoms with Gasteiger partial charge in [-0.2, -0.15) is 17.0 Å². The average molecular weight is 347 g/mol. The predicted molar refractivity (Wildman–Crippen MR) is 90.4 cm³/mol. The van der Waals surface area contributed by atoms with Gasteiger partial charge in [0.2, 0.25) is 0 Å². The van der Waals surface area contributed by atoms with Gasteiger partial charge in [-0.1, -0.05) is 6.42 Å². The van der Waals surface area contributed by atoms with Crippen LogP contribution in [0.2, 0.25) is 0 Å². The van der Waals surface area contributed by atoms with Crippen LogP contribution in [0.15, 0.2) is 4.99 Å². The molecule has 0 amide bonds. The van der Waals surface area contributed by atoms with Crippen molar-refractivity contribution in [3.63, 3.8) is 0 Å². The first-order chi connectivity index (χ1) is 10.8. The Balaban J connectivity index is 2.03. The van der Waals surface area contributed by atoms with Gasteiger partial charge in [0.05, 0.1) is 19.3 Å². The Morgan fingerprint density at radius 1 is 1.35 bits per heavy atom. The smallest absolute Gasteiger partial charge is 0.281 e. The first-order valence-electron chi connectivity index (χ1n) is 8.18. The predicted octanol–water partition coefficient (Wildman–Crippen LogP) is -0.317. The molecule has 0 aromatic heterocycles. The molecule has 2 aliphatic rings. The molecule has 0 aromatic carbocycles. The summed E-state index contributed by atoms with van der Waals surface area (Å²) < 4.78 is 33.2. The summed E-state index contributed by atoms with van der Waals surface area (Å²) in [5, 5.41) is 0. The molecule has 8 nitrogen and oxygen atoms in total. The molecule has 0 spiro atoms. The summed E-state index contributed by atoms with van der Waals surface area (Å²) in [7, 11) is -0.281. The number of ether oxygens (including phenoxy) is 1. The van der Waals surface area contributed by atoms with E-state index in [4.69, 9.17) is 10.5 Å². The summed E-state index contributed by atoms with van der Waals surface area (Å²) in [5.74, 6) is 0.480. The van der Waals surface area contributed by atoms with Crippen molar-refractivity contribution >= 4 is 16.2 Å². The van der Waals surface area contributed by atoms with Crippen LogP contribution in [0.25, 0.3) is 0 Å². The molecule has 0 radical (unpaired) electrons. The highest BCUT2D eigenvalue weighted by molar-refractivity contribution is 7.86. The molecule has 2 aliphatic heterocycles. The van der Waals surface area contributed by atoms with Crippen molar-refractivity contribution in [2.75, 3.05) is 46.9 Å². The van der Waals surface area contributed by atoms with E-state index in [0.717, 1.165) is 32.4 Å². The second kappa shape index (κ2) is 7.78. The third kappa shape index (κ3) is 4.56. The van der Waals surface area contributed by atoms with Gasteiger partial charge in [0.1, 0.15) is 0 Å². The van der Waals surface area contributed by atoms with Crippen molar-refractivity contribution in [3.8, 4) is 0 Å². The molecule has 0 aliphatic carbocycles. The second-order valence-electron chi connectivity index (χ2n) is 6.38. The first kappa shape index (κ1) is 18.4. The van der Waals surface area contributed by atoms with E-state index in [0.29, 0.717) is 25.7 Å². The summed E-state index contributed by atoms with van der Waals surface area (Å²) in [5.41, 5.74) is 6.08. The van der Waals surface area contributed by atoms with Crippen LogP contribution in [0.1, 0.15) is 26.2 Å². The Labute approximate surface area is 139 Å². The summed E-state index contributed by atoms with van der Waals surface area (Å²) in [6, 6.07) is -0.117. The lowest BCUT2D eigenvalue weighted by molar-refractivity contribution is 0.00526. The van der Waals surface area contributed by atoms with Gasteiger partial charge in [0.15, 0.2) is 5.96 Å². The van der Waals surface area contributed by atoms with Crippen molar-refractivity contribution in [1.29, 1.82) is 0 Å². The number of aliphatic imine (C=N–C) groups is 1. The van der Waals surface area contributed by atoms with Gasteiger partial charge in [0.25, 0.3) is 10.2 Å². The molecular weight excluding hydrogens is 318 g/mol. The summed E-state index contributed by atoms with van der Waals surface area (Å²) in [6.45, 7) is 5.05. The van der Waals surface area contributed by atoms with E-state index < -0.39 is 10.2 Å². The molecule has 2 unspecified atom stereocenters. The fraction of sp³-hybridized carbons (Fsp3) is 0.929. The molecule has 2 fully saturated rings. The van der Waals surface area contributed by atoms with Crippen LogP contribution in [0.5, 0.6) is 0 Å². The summed E-state index contributed by atoms with van der Waals surface area (Å²) >= 11 is 0. The fourth-order valence-electron chi connectivity index (χ4n) is 3.00. The van der Waals surface area contributed by atoms with E-state index in [1.54, 1.807) is 18.4 Å². The number of nitrogens with zero attached hydrogens (tertiary/aromatic N) is 4.